The Kier molecular flexibility index (Phi) is 3.17. The van der Waals surface area contributed by atoms with Crippen LogP contribution in [-0.4, -0.2) is 19.6 Å². The highest BCUT2D eigenvalue weighted by atomic mass is 35.5. The summed E-state index contributed by atoms with van der Waals surface area (Å²) in [7, 11) is 2.01. The lowest BCUT2D eigenvalue weighted by Crippen LogP contribution is -2.24. The van der Waals surface area contributed by atoms with Crippen LogP contribution in [0.4, 0.5) is 5.69 Å². The summed E-state index contributed by atoms with van der Waals surface area (Å²) in [5.41, 5.74) is 2.61. The molecule has 1 aliphatic heterocycles. The van der Waals surface area contributed by atoms with Crippen LogP contribution in [-0.2, 0) is 0 Å². The molecule has 0 bridgehead atoms. The van der Waals surface area contributed by atoms with Crippen molar-refractivity contribution in [2.24, 2.45) is 0 Å². The van der Waals surface area contributed by atoms with Gasteiger partial charge < -0.3 is 10.6 Å². The number of nitrogens with one attached hydrogen (secondary N) is 2. The lowest BCUT2D eigenvalue weighted by atomic mass is 9.94. The first-order chi connectivity index (χ1) is 7.20. The van der Waals surface area contributed by atoms with Crippen molar-refractivity contribution < 1.29 is 0 Å². The Morgan fingerprint density at radius 2 is 2.40 bits per heavy atom. The van der Waals surface area contributed by atoms with Gasteiger partial charge in [-0.25, -0.2) is 0 Å². The molecule has 1 aromatic rings. The fraction of sp³-hybridized carbons (Fsp3) is 0.500. The number of hydrogen-bond acceptors (Lipinski definition) is 2. The second kappa shape index (κ2) is 4.42. The van der Waals surface area contributed by atoms with Gasteiger partial charge in [0.15, 0.2) is 0 Å². The van der Waals surface area contributed by atoms with E-state index < -0.39 is 0 Å². The molecule has 2 N–H and O–H groups in total. The molecule has 2 atom stereocenters. The number of anilines is 1. The van der Waals surface area contributed by atoms with Gasteiger partial charge in [-0.15, -0.1) is 0 Å². The van der Waals surface area contributed by atoms with E-state index >= 15 is 0 Å². The van der Waals surface area contributed by atoms with Crippen molar-refractivity contribution in [3.8, 4) is 0 Å². The van der Waals surface area contributed by atoms with E-state index in [2.05, 4.69) is 29.7 Å². The number of benzene rings is 1. The van der Waals surface area contributed by atoms with E-state index in [1.54, 1.807) is 0 Å². The summed E-state index contributed by atoms with van der Waals surface area (Å²) >= 11 is 6.02. The predicted molar refractivity (Wildman–Crippen MR) is 65.8 cm³/mol. The molecule has 0 saturated heterocycles. The summed E-state index contributed by atoms with van der Waals surface area (Å²) in [4.78, 5) is 0. The van der Waals surface area contributed by atoms with Gasteiger partial charge in [0.25, 0.3) is 0 Å². The largest absolute Gasteiger partial charge is 0.384 e. The van der Waals surface area contributed by atoms with Crippen molar-refractivity contribution >= 4 is 17.3 Å². The molecular formula is C12H17ClN2. The Hall–Kier alpha value is -0.730. The zero-order valence-corrected chi connectivity index (χ0v) is 9.93. The first-order valence-electron chi connectivity index (χ1n) is 5.41. The van der Waals surface area contributed by atoms with Gasteiger partial charge in [0, 0.05) is 29.2 Å². The van der Waals surface area contributed by atoms with E-state index in [-0.39, 0.29) is 0 Å². The third kappa shape index (κ3) is 2.27. The molecule has 15 heavy (non-hydrogen) atoms. The van der Waals surface area contributed by atoms with Crippen LogP contribution in [0, 0.1) is 0 Å². The maximum absolute atomic E-state index is 6.02. The molecular weight excluding hydrogens is 208 g/mol. The van der Waals surface area contributed by atoms with Gasteiger partial charge in [-0.3, -0.25) is 0 Å². The van der Waals surface area contributed by atoms with E-state index in [1.807, 2.05) is 13.1 Å². The van der Waals surface area contributed by atoms with Gasteiger partial charge >= 0.3 is 0 Å². The summed E-state index contributed by atoms with van der Waals surface area (Å²) in [6.07, 6.45) is 1.15. The third-order valence-electron chi connectivity index (χ3n) is 3.12. The predicted octanol–water partition coefficient (Wildman–Crippen LogP) is 2.85. The standard InChI is InChI=1S/C12H17ClN2/c1-8(14-2)5-9-7-15-12-4-3-10(13)6-11(9)12/h3-4,6,8-9,14-15H,5,7H2,1-2H3. The minimum Gasteiger partial charge on any atom is -0.384 e. The monoisotopic (exact) mass is 224 g/mol. The molecule has 0 spiro atoms. The molecule has 0 radical (unpaired) electrons. The maximum atomic E-state index is 6.02. The summed E-state index contributed by atoms with van der Waals surface area (Å²) in [6.45, 7) is 3.24. The summed E-state index contributed by atoms with van der Waals surface area (Å²) in [5.74, 6) is 0.584. The second-order valence-corrected chi connectivity index (χ2v) is 4.67. The molecule has 0 aliphatic carbocycles. The summed E-state index contributed by atoms with van der Waals surface area (Å²) in [5, 5.41) is 7.53. The lowest BCUT2D eigenvalue weighted by molar-refractivity contribution is 0.515. The lowest BCUT2D eigenvalue weighted by Gasteiger charge is -2.15. The molecule has 1 heterocycles. The van der Waals surface area contributed by atoms with Crippen molar-refractivity contribution in [2.75, 3.05) is 18.9 Å². The van der Waals surface area contributed by atoms with Gasteiger partial charge in [-0.05, 0) is 44.2 Å². The van der Waals surface area contributed by atoms with E-state index in [4.69, 9.17) is 11.6 Å². The minimum absolute atomic E-state index is 0.543. The molecule has 0 saturated carbocycles. The molecule has 2 nitrogen and oxygen atoms in total. The van der Waals surface area contributed by atoms with Crippen LogP contribution in [0.1, 0.15) is 24.8 Å². The second-order valence-electron chi connectivity index (χ2n) is 4.23. The van der Waals surface area contributed by atoms with E-state index in [9.17, 15) is 0 Å². The topological polar surface area (TPSA) is 24.1 Å². The molecule has 0 amide bonds. The van der Waals surface area contributed by atoms with Crippen molar-refractivity contribution in [3.63, 3.8) is 0 Å². The van der Waals surface area contributed by atoms with E-state index in [1.165, 1.54) is 11.3 Å². The molecule has 3 heteroatoms. The highest BCUT2D eigenvalue weighted by Crippen LogP contribution is 2.35. The van der Waals surface area contributed by atoms with E-state index in [0.29, 0.717) is 12.0 Å². The smallest absolute Gasteiger partial charge is 0.0410 e. The molecule has 2 rings (SSSR count). The highest BCUT2D eigenvalue weighted by Gasteiger charge is 2.23. The molecule has 0 fully saturated rings. The Morgan fingerprint density at radius 3 is 3.13 bits per heavy atom. The van der Waals surface area contributed by atoms with Gasteiger partial charge in [-0.1, -0.05) is 11.6 Å². The quantitative estimate of drug-likeness (QED) is 0.825. The van der Waals surface area contributed by atoms with Crippen LogP contribution in [0.3, 0.4) is 0 Å². The van der Waals surface area contributed by atoms with Crippen LogP contribution in [0.15, 0.2) is 18.2 Å². The van der Waals surface area contributed by atoms with Crippen molar-refractivity contribution in [1.82, 2.24) is 5.32 Å². The van der Waals surface area contributed by atoms with Gasteiger partial charge in [0.1, 0.15) is 0 Å². The average molecular weight is 225 g/mol. The van der Waals surface area contributed by atoms with Crippen molar-refractivity contribution in [2.45, 2.75) is 25.3 Å². The zero-order valence-electron chi connectivity index (χ0n) is 9.18. The van der Waals surface area contributed by atoms with Gasteiger partial charge in [0.2, 0.25) is 0 Å². The highest BCUT2D eigenvalue weighted by molar-refractivity contribution is 6.30. The fourth-order valence-corrected chi connectivity index (χ4v) is 2.31. The Morgan fingerprint density at radius 1 is 1.60 bits per heavy atom. The molecule has 1 aromatic carbocycles. The minimum atomic E-state index is 0.543. The number of fused-ring (bicyclic) bond motifs is 1. The van der Waals surface area contributed by atoms with Crippen LogP contribution >= 0.6 is 11.6 Å². The number of rotatable bonds is 3. The van der Waals surface area contributed by atoms with Crippen LogP contribution in [0.25, 0.3) is 0 Å². The molecule has 2 unspecified atom stereocenters. The average Bonchev–Trinajstić information content (AvgIpc) is 2.61. The number of hydrogen-bond donors (Lipinski definition) is 2. The molecule has 82 valence electrons. The van der Waals surface area contributed by atoms with Gasteiger partial charge in [-0.2, -0.15) is 0 Å². The molecule has 1 aliphatic rings. The van der Waals surface area contributed by atoms with Gasteiger partial charge in [0.05, 0.1) is 0 Å². The summed E-state index contributed by atoms with van der Waals surface area (Å²) < 4.78 is 0. The third-order valence-corrected chi connectivity index (χ3v) is 3.36. The Labute approximate surface area is 96.0 Å². The van der Waals surface area contributed by atoms with Crippen LogP contribution in [0.2, 0.25) is 5.02 Å². The maximum Gasteiger partial charge on any atom is 0.0410 e. The van der Waals surface area contributed by atoms with Crippen molar-refractivity contribution in [3.05, 3.63) is 28.8 Å². The first-order valence-corrected chi connectivity index (χ1v) is 5.79. The fourth-order valence-electron chi connectivity index (χ4n) is 2.13. The SMILES string of the molecule is CNC(C)CC1CNc2ccc(Cl)cc21. The van der Waals surface area contributed by atoms with Crippen molar-refractivity contribution in [1.29, 1.82) is 0 Å². The number of halogens is 1. The van der Waals surface area contributed by atoms with E-state index in [0.717, 1.165) is 18.0 Å². The Bertz CT molecular complexity index is 351. The Balaban J connectivity index is 2.16. The summed E-state index contributed by atoms with van der Waals surface area (Å²) in [6, 6.07) is 6.64. The normalized spacial score (nSPS) is 20.9. The molecule has 0 aromatic heterocycles. The van der Waals surface area contributed by atoms with Crippen LogP contribution in [0.5, 0.6) is 0 Å². The first kappa shape index (κ1) is 10.8. The van der Waals surface area contributed by atoms with Crippen LogP contribution < -0.4 is 10.6 Å². The zero-order chi connectivity index (χ0) is 10.8.